The fraction of sp³-hybridized carbons (Fsp3) is 0.667. The molecule has 1 aromatic carbocycles. The number of halogens is 1. The lowest BCUT2D eigenvalue weighted by Gasteiger charge is -2.26. The summed E-state index contributed by atoms with van der Waals surface area (Å²) in [6.45, 7) is 6.62. The van der Waals surface area contributed by atoms with E-state index in [1.807, 2.05) is 24.3 Å². The molecule has 1 N–H and O–H groups in total. The summed E-state index contributed by atoms with van der Waals surface area (Å²) in [6.07, 6.45) is 10.7. The number of morpholine rings is 1. The van der Waals surface area contributed by atoms with Gasteiger partial charge in [0.1, 0.15) is 6.61 Å². The Hall–Kier alpha value is -1.73. The number of ketones is 1. The number of hydrogen-bond acceptors (Lipinski definition) is 6. The van der Waals surface area contributed by atoms with E-state index in [4.69, 9.17) is 21.1 Å². The van der Waals surface area contributed by atoms with Gasteiger partial charge in [0.2, 0.25) is 0 Å². The number of carbonyl (C=O) groups excluding carboxylic acids is 2. The first-order valence-corrected chi connectivity index (χ1v) is 14.5. The van der Waals surface area contributed by atoms with Gasteiger partial charge < -0.3 is 14.6 Å². The van der Waals surface area contributed by atoms with Gasteiger partial charge in [-0.2, -0.15) is 0 Å². The smallest absolute Gasteiger partial charge is 0.305 e. The van der Waals surface area contributed by atoms with E-state index in [-0.39, 0.29) is 29.0 Å². The summed E-state index contributed by atoms with van der Waals surface area (Å²) in [5.41, 5.74) is 1.78. The van der Waals surface area contributed by atoms with Crippen LogP contribution in [0.1, 0.15) is 86.6 Å². The van der Waals surface area contributed by atoms with Crippen molar-refractivity contribution in [3.8, 4) is 0 Å². The molecular weight excluding hydrogens is 490 g/mol. The number of hydrogen-bond donors (Lipinski definition) is 1. The van der Waals surface area contributed by atoms with Gasteiger partial charge in [0.25, 0.3) is 0 Å². The van der Waals surface area contributed by atoms with E-state index < -0.39 is 6.10 Å². The van der Waals surface area contributed by atoms with Crippen LogP contribution in [0.25, 0.3) is 0 Å². The van der Waals surface area contributed by atoms with Crippen LogP contribution >= 0.6 is 11.6 Å². The number of allylic oxidation sites excluding steroid dienone is 2. The number of rotatable bonds is 15. The quantitative estimate of drug-likeness (QED) is 0.105. The van der Waals surface area contributed by atoms with Crippen LogP contribution in [0.15, 0.2) is 36.4 Å². The van der Waals surface area contributed by atoms with Crippen LogP contribution in [0.4, 0.5) is 0 Å². The van der Waals surface area contributed by atoms with Gasteiger partial charge in [-0.05, 0) is 43.6 Å². The lowest BCUT2D eigenvalue weighted by molar-refractivity contribution is -0.144. The fourth-order valence-electron chi connectivity index (χ4n) is 5.32. The highest BCUT2D eigenvalue weighted by molar-refractivity contribution is 6.21. The maximum Gasteiger partial charge on any atom is 0.305 e. The van der Waals surface area contributed by atoms with Gasteiger partial charge in [-0.25, -0.2) is 0 Å². The van der Waals surface area contributed by atoms with Crippen molar-refractivity contribution in [1.82, 2.24) is 4.90 Å². The van der Waals surface area contributed by atoms with Crippen LogP contribution in [0.2, 0.25) is 0 Å². The molecule has 1 saturated carbocycles. The highest BCUT2D eigenvalue weighted by atomic mass is 35.5. The molecule has 1 aromatic rings. The Labute approximate surface area is 227 Å². The predicted octanol–water partition coefficient (Wildman–Crippen LogP) is 5.51. The standard InChI is InChI=1S/C30H44ClNO5/c1-2-3-6-10-27(33)23-12-14-24(15-13-23)30-25(26(31)22-28(30)34)9-7-4-5-8-11-29(35)37-21-18-32-16-19-36-20-17-32/h4,7,12-15,25-26,28,30,34H,2-3,5-6,8-11,16-22H2,1H3/b7-4-/t25-,26+,28+,30+/m0/s1. The topological polar surface area (TPSA) is 76.1 Å². The summed E-state index contributed by atoms with van der Waals surface area (Å²) >= 11 is 6.64. The van der Waals surface area contributed by atoms with E-state index >= 15 is 0 Å². The van der Waals surface area contributed by atoms with Gasteiger partial charge >= 0.3 is 5.97 Å². The number of carbonyl (C=O) groups is 2. The molecular formula is C30H44ClNO5. The molecule has 0 spiro atoms. The molecule has 37 heavy (non-hydrogen) atoms. The van der Waals surface area contributed by atoms with Crippen molar-refractivity contribution in [2.45, 2.75) is 82.1 Å². The highest BCUT2D eigenvalue weighted by Crippen LogP contribution is 2.44. The summed E-state index contributed by atoms with van der Waals surface area (Å²) in [5, 5.41) is 10.6. The largest absolute Gasteiger partial charge is 0.464 e. The van der Waals surface area contributed by atoms with Crippen LogP contribution in [0.5, 0.6) is 0 Å². The molecule has 1 aliphatic carbocycles. The first-order valence-electron chi connectivity index (χ1n) is 14.1. The lowest BCUT2D eigenvalue weighted by atomic mass is 9.85. The zero-order valence-corrected chi connectivity index (χ0v) is 23.0. The number of esters is 1. The lowest BCUT2D eigenvalue weighted by Crippen LogP contribution is -2.38. The van der Waals surface area contributed by atoms with Gasteiger partial charge in [-0.1, -0.05) is 56.2 Å². The molecule has 7 heteroatoms. The summed E-state index contributed by atoms with van der Waals surface area (Å²) in [4.78, 5) is 26.6. The highest BCUT2D eigenvalue weighted by Gasteiger charge is 2.41. The number of Topliss-reactive ketones (excluding diaryl/α,β-unsaturated/α-hetero) is 1. The van der Waals surface area contributed by atoms with Crippen molar-refractivity contribution in [2.24, 2.45) is 5.92 Å². The van der Waals surface area contributed by atoms with E-state index in [0.29, 0.717) is 25.9 Å². The van der Waals surface area contributed by atoms with E-state index in [0.717, 1.165) is 82.5 Å². The number of alkyl halides is 1. The molecule has 1 aliphatic heterocycles. The number of benzene rings is 1. The normalized spacial score (nSPS) is 24.5. The second kappa shape index (κ2) is 16.3. The minimum absolute atomic E-state index is 0.0437. The maximum atomic E-state index is 12.4. The molecule has 0 amide bonds. The van der Waals surface area contributed by atoms with Crippen molar-refractivity contribution in [2.75, 3.05) is 39.5 Å². The van der Waals surface area contributed by atoms with Crippen LogP contribution < -0.4 is 0 Å². The summed E-state index contributed by atoms with van der Waals surface area (Å²) in [6, 6.07) is 7.75. The second-order valence-electron chi connectivity index (χ2n) is 10.3. The molecule has 0 radical (unpaired) electrons. The third kappa shape index (κ3) is 9.82. The molecule has 0 unspecified atom stereocenters. The van der Waals surface area contributed by atoms with Gasteiger partial charge in [0.05, 0.1) is 19.3 Å². The second-order valence-corrected chi connectivity index (χ2v) is 10.8. The van der Waals surface area contributed by atoms with Crippen molar-refractivity contribution >= 4 is 23.4 Å². The molecule has 6 nitrogen and oxygen atoms in total. The van der Waals surface area contributed by atoms with Crippen molar-refractivity contribution in [3.63, 3.8) is 0 Å². The summed E-state index contributed by atoms with van der Waals surface area (Å²) < 4.78 is 10.7. The van der Waals surface area contributed by atoms with Gasteiger partial charge in [0, 0.05) is 49.3 Å². The zero-order valence-electron chi connectivity index (χ0n) is 22.3. The molecule has 4 atom stereocenters. The predicted molar refractivity (Wildman–Crippen MR) is 147 cm³/mol. The number of ether oxygens (including phenoxy) is 2. The minimum Gasteiger partial charge on any atom is -0.464 e. The van der Waals surface area contributed by atoms with E-state index in [1.165, 1.54) is 0 Å². The first kappa shape index (κ1) is 29.8. The summed E-state index contributed by atoms with van der Waals surface area (Å²) in [7, 11) is 0. The van der Waals surface area contributed by atoms with Crippen LogP contribution in [0.3, 0.4) is 0 Å². The maximum absolute atomic E-state index is 12.4. The molecule has 0 aromatic heterocycles. The van der Waals surface area contributed by atoms with Gasteiger partial charge in [-0.3, -0.25) is 14.5 Å². The SMILES string of the molecule is CCCCCC(=O)c1ccc([C@@H]2[C@@H](C/C=C\CCCC(=O)OCCN3CCOCC3)[C@H](Cl)C[C@H]2O)cc1. The molecule has 3 rings (SSSR count). The number of nitrogens with zero attached hydrogens (tertiary/aromatic N) is 1. The number of aliphatic hydroxyl groups excluding tert-OH is 1. The Kier molecular flexibility index (Phi) is 13.1. The first-order chi connectivity index (χ1) is 18.0. The Bertz CT molecular complexity index is 852. The molecule has 2 fully saturated rings. The Morgan fingerprint density at radius 2 is 1.86 bits per heavy atom. The van der Waals surface area contributed by atoms with Crippen LogP contribution in [0, 0.1) is 5.92 Å². The molecule has 1 saturated heterocycles. The number of aliphatic hydroxyl groups is 1. The van der Waals surface area contributed by atoms with Crippen molar-refractivity contribution in [3.05, 3.63) is 47.5 Å². The molecule has 0 bridgehead atoms. The monoisotopic (exact) mass is 533 g/mol. The van der Waals surface area contributed by atoms with Crippen LogP contribution in [-0.4, -0.2) is 72.7 Å². The van der Waals surface area contributed by atoms with E-state index in [1.54, 1.807) is 0 Å². The van der Waals surface area contributed by atoms with Gasteiger partial charge in [0.15, 0.2) is 5.78 Å². The van der Waals surface area contributed by atoms with Crippen LogP contribution in [-0.2, 0) is 14.3 Å². The fourth-order valence-corrected chi connectivity index (χ4v) is 5.76. The number of unbranched alkanes of at least 4 members (excludes halogenated alkanes) is 3. The molecule has 2 aliphatic rings. The average Bonchev–Trinajstić information content (AvgIpc) is 3.19. The van der Waals surface area contributed by atoms with Crippen molar-refractivity contribution in [1.29, 1.82) is 0 Å². The van der Waals surface area contributed by atoms with Crippen molar-refractivity contribution < 1.29 is 24.2 Å². The molecule has 206 valence electrons. The zero-order chi connectivity index (χ0) is 26.5. The third-order valence-electron chi connectivity index (χ3n) is 7.53. The van der Waals surface area contributed by atoms with Gasteiger partial charge in [-0.15, -0.1) is 11.6 Å². The Morgan fingerprint density at radius 1 is 1.11 bits per heavy atom. The van der Waals surface area contributed by atoms with E-state index in [2.05, 4.69) is 24.0 Å². The molecule has 1 heterocycles. The summed E-state index contributed by atoms with van der Waals surface area (Å²) in [5.74, 6) is 0.124. The Balaban J connectivity index is 1.39. The Morgan fingerprint density at radius 3 is 2.59 bits per heavy atom. The minimum atomic E-state index is -0.487. The third-order valence-corrected chi connectivity index (χ3v) is 8.03. The average molecular weight is 534 g/mol. The van der Waals surface area contributed by atoms with E-state index in [9.17, 15) is 14.7 Å².